The summed E-state index contributed by atoms with van der Waals surface area (Å²) >= 11 is 0. The van der Waals surface area contributed by atoms with Crippen molar-refractivity contribution in [1.82, 2.24) is 0 Å². The molecule has 0 unspecified atom stereocenters. The summed E-state index contributed by atoms with van der Waals surface area (Å²) in [5.74, 6) is -0.768. The van der Waals surface area contributed by atoms with Crippen LogP contribution in [0.15, 0.2) is 72.8 Å². The predicted octanol–water partition coefficient (Wildman–Crippen LogP) is 3.77. The van der Waals surface area contributed by atoms with E-state index in [0.29, 0.717) is 23.7 Å². The largest absolute Gasteiger partial charge is 0.298 e. The van der Waals surface area contributed by atoms with Crippen molar-refractivity contribution < 1.29 is 19.2 Å². The Morgan fingerprint density at radius 1 is 0.577 bits per heavy atom. The minimum Gasteiger partial charge on any atom is -0.298 e. The van der Waals surface area contributed by atoms with Gasteiger partial charge < -0.3 is 0 Å². The molecule has 0 atom stereocenters. The Morgan fingerprint density at radius 2 is 0.923 bits per heavy atom. The monoisotopic (exact) mass is 342 g/mol. The Kier molecular flexibility index (Phi) is 4.94. The van der Waals surface area contributed by atoms with Gasteiger partial charge in [0.15, 0.2) is 24.1 Å². The van der Waals surface area contributed by atoms with Crippen LogP contribution < -0.4 is 0 Å². The fourth-order valence-corrected chi connectivity index (χ4v) is 2.70. The van der Waals surface area contributed by atoms with Crippen LogP contribution >= 0.6 is 0 Å². The van der Waals surface area contributed by atoms with Crippen LogP contribution in [-0.4, -0.2) is 24.1 Å². The van der Waals surface area contributed by atoms with Crippen molar-refractivity contribution in [1.29, 1.82) is 0 Å². The van der Waals surface area contributed by atoms with E-state index in [-0.39, 0.29) is 33.8 Å². The van der Waals surface area contributed by atoms with Gasteiger partial charge in [-0.05, 0) is 12.1 Å². The summed E-state index contributed by atoms with van der Waals surface area (Å²) in [5.41, 5.74) is 1.12. The third-order valence-corrected chi connectivity index (χ3v) is 4.04. The van der Waals surface area contributed by atoms with Crippen molar-refractivity contribution in [3.63, 3.8) is 0 Å². The van der Waals surface area contributed by atoms with Crippen molar-refractivity contribution in [2.75, 3.05) is 0 Å². The first-order valence-corrected chi connectivity index (χ1v) is 7.93. The Labute approximate surface area is 150 Å². The number of rotatable bonds is 6. The van der Waals surface area contributed by atoms with Gasteiger partial charge in [-0.15, -0.1) is 0 Å². The fraction of sp³-hybridized carbons (Fsp3) is 0. The first-order chi connectivity index (χ1) is 12.7. The van der Waals surface area contributed by atoms with Gasteiger partial charge in [0.25, 0.3) is 0 Å². The van der Waals surface area contributed by atoms with Gasteiger partial charge in [0, 0.05) is 33.4 Å². The van der Waals surface area contributed by atoms with Gasteiger partial charge in [0.05, 0.1) is 0 Å². The van der Waals surface area contributed by atoms with Crippen LogP contribution in [0.2, 0.25) is 0 Å². The molecule has 3 aromatic rings. The summed E-state index contributed by atoms with van der Waals surface area (Å²) in [6.07, 6.45) is 1.00. The van der Waals surface area contributed by atoms with E-state index in [9.17, 15) is 19.2 Å². The second kappa shape index (κ2) is 7.49. The van der Waals surface area contributed by atoms with Gasteiger partial charge in [0.2, 0.25) is 0 Å². The molecule has 0 fully saturated rings. The highest BCUT2D eigenvalue weighted by Crippen LogP contribution is 2.22. The number of carbonyl (C=O) groups is 4. The molecule has 0 aliphatic heterocycles. The molecule has 4 heteroatoms. The van der Waals surface area contributed by atoms with E-state index in [2.05, 4.69) is 0 Å². The first kappa shape index (κ1) is 17.2. The standard InChI is InChI=1S/C22H14O4/c23-13-17-11-19(21(25)15-7-3-1-4-8-15)20(12-18(17)14-24)22(26)16-9-5-2-6-10-16/h1-14H. The van der Waals surface area contributed by atoms with Crippen molar-refractivity contribution >= 4 is 24.1 Å². The molecule has 3 aromatic carbocycles. The van der Waals surface area contributed by atoms with Crippen LogP contribution in [0.25, 0.3) is 0 Å². The number of ketones is 2. The number of benzene rings is 3. The lowest BCUT2D eigenvalue weighted by Crippen LogP contribution is -2.13. The van der Waals surface area contributed by atoms with Crippen LogP contribution in [0.3, 0.4) is 0 Å². The highest BCUT2D eigenvalue weighted by atomic mass is 16.1. The van der Waals surface area contributed by atoms with Gasteiger partial charge in [-0.1, -0.05) is 60.7 Å². The van der Waals surface area contributed by atoms with Crippen molar-refractivity contribution in [2.45, 2.75) is 0 Å². The van der Waals surface area contributed by atoms with E-state index in [0.717, 1.165) is 0 Å². The summed E-state index contributed by atoms with van der Waals surface area (Å²) < 4.78 is 0. The maximum Gasteiger partial charge on any atom is 0.193 e. The number of aldehydes is 2. The Morgan fingerprint density at radius 3 is 1.23 bits per heavy atom. The van der Waals surface area contributed by atoms with E-state index < -0.39 is 0 Å². The molecule has 0 aromatic heterocycles. The highest BCUT2D eigenvalue weighted by Gasteiger charge is 2.22. The lowest BCUT2D eigenvalue weighted by atomic mass is 9.90. The zero-order valence-corrected chi connectivity index (χ0v) is 13.7. The average molecular weight is 342 g/mol. The van der Waals surface area contributed by atoms with E-state index in [1.807, 2.05) is 0 Å². The van der Waals surface area contributed by atoms with Gasteiger partial charge >= 0.3 is 0 Å². The molecule has 4 nitrogen and oxygen atoms in total. The normalized spacial score (nSPS) is 10.2. The molecule has 0 saturated carbocycles. The van der Waals surface area contributed by atoms with E-state index in [1.54, 1.807) is 60.7 Å². The minimum absolute atomic E-state index is 0.0730. The molecule has 0 saturated heterocycles. The van der Waals surface area contributed by atoms with Gasteiger partial charge in [-0.3, -0.25) is 19.2 Å². The molecule has 0 spiro atoms. The van der Waals surface area contributed by atoms with Crippen LogP contribution in [0.1, 0.15) is 52.6 Å². The second-order valence-corrected chi connectivity index (χ2v) is 5.65. The average Bonchev–Trinajstić information content (AvgIpc) is 2.73. The number of carbonyl (C=O) groups excluding carboxylic acids is 4. The SMILES string of the molecule is O=Cc1cc(C(=O)c2ccccc2)c(C(=O)c2ccccc2)cc1C=O. The summed E-state index contributed by atoms with van der Waals surface area (Å²) in [6.45, 7) is 0. The highest BCUT2D eigenvalue weighted by molar-refractivity contribution is 6.20. The molecule has 0 heterocycles. The minimum atomic E-state index is -0.384. The van der Waals surface area contributed by atoms with Crippen LogP contribution in [0, 0.1) is 0 Å². The van der Waals surface area contributed by atoms with Crippen LogP contribution in [0.4, 0.5) is 0 Å². The first-order valence-electron chi connectivity index (χ1n) is 7.93. The zero-order chi connectivity index (χ0) is 18.5. The molecule has 0 radical (unpaired) electrons. The maximum atomic E-state index is 12.9. The van der Waals surface area contributed by atoms with Crippen LogP contribution in [-0.2, 0) is 0 Å². The van der Waals surface area contributed by atoms with Gasteiger partial charge in [-0.2, -0.15) is 0 Å². The molecule has 0 aliphatic rings. The quantitative estimate of drug-likeness (QED) is 0.505. The van der Waals surface area contributed by atoms with Crippen molar-refractivity contribution in [3.05, 3.63) is 106 Å². The predicted molar refractivity (Wildman–Crippen MR) is 97.0 cm³/mol. The molecule has 0 bridgehead atoms. The van der Waals surface area contributed by atoms with Crippen molar-refractivity contribution in [2.24, 2.45) is 0 Å². The van der Waals surface area contributed by atoms with E-state index in [1.165, 1.54) is 12.1 Å². The third-order valence-electron chi connectivity index (χ3n) is 4.04. The molecule has 3 rings (SSSR count). The summed E-state index contributed by atoms with van der Waals surface area (Å²) in [5, 5.41) is 0. The molecular weight excluding hydrogens is 328 g/mol. The molecule has 126 valence electrons. The second-order valence-electron chi connectivity index (χ2n) is 5.65. The lowest BCUT2D eigenvalue weighted by molar-refractivity contribution is 0.100. The van der Waals surface area contributed by atoms with E-state index in [4.69, 9.17) is 0 Å². The Balaban J connectivity index is 2.21. The molecule has 0 aliphatic carbocycles. The molecular formula is C22H14O4. The fourth-order valence-electron chi connectivity index (χ4n) is 2.70. The van der Waals surface area contributed by atoms with Gasteiger partial charge in [0.1, 0.15) is 0 Å². The summed E-state index contributed by atoms with van der Waals surface area (Å²) in [7, 11) is 0. The third kappa shape index (κ3) is 3.26. The molecule has 0 N–H and O–H groups in total. The summed E-state index contributed by atoms with van der Waals surface area (Å²) in [4.78, 5) is 48.4. The smallest absolute Gasteiger partial charge is 0.193 e. The number of hydrogen-bond donors (Lipinski definition) is 0. The Hall–Kier alpha value is -3.66. The molecule has 0 amide bonds. The Bertz CT molecular complexity index is 907. The number of hydrogen-bond acceptors (Lipinski definition) is 4. The van der Waals surface area contributed by atoms with Crippen molar-refractivity contribution in [3.8, 4) is 0 Å². The van der Waals surface area contributed by atoms with E-state index >= 15 is 0 Å². The lowest BCUT2D eigenvalue weighted by Gasteiger charge is -2.11. The topological polar surface area (TPSA) is 68.3 Å². The zero-order valence-electron chi connectivity index (χ0n) is 13.7. The van der Waals surface area contributed by atoms with Gasteiger partial charge in [-0.25, -0.2) is 0 Å². The van der Waals surface area contributed by atoms with Crippen LogP contribution in [0.5, 0.6) is 0 Å². The molecule has 26 heavy (non-hydrogen) atoms. The maximum absolute atomic E-state index is 12.9. The summed E-state index contributed by atoms with van der Waals surface area (Å²) in [6, 6.07) is 19.6.